The smallest absolute Gasteiger partial charge is 0.312 e. The standard InChI is InChI=1S/C14H8BrNO2S/c15-12-7-6-10(19-12)8-11-13(16-18-14(11)17)9-4-2-1-3-5-9/h1-8H/b11-8-. The lowest BCUT2D eigenvalue weighted by Gasteiger charge is -1.98. The van der Waals surface area contributed by atoms with Crippen molar-refractivity contribution < 1.29 is 9.63 Å². The van der Waals surface area contributed by atoms with E-state index in [2.05, 4.69) is 21.1 Å². The predicted molar refractivity (Wildman–Crippen MR) is 79.1 cm³/mol. The van der Waals surface area contributed by atoms with Crippen LogP contribution in [0.5, 0.6) is 0 Å². The van der Waals surface area contributed by atoms with Gasteiger partial charge in [0, 0.05) is 10.4 Å². The fraction of sp³-hybridized carbons (Fsp3) is 0. The number of rotatable bonds is 2. The number of carbonyl (C=O) groups is 1. The van der Waals surface area contributed by atoms with Crippen molar-refractivity contribution in [1.29, 1.82) is 0 Å². The molecule has 5 heteroatoms. The van der Waals surface area contributed by atoms with Gasteiger partial charge in [0.1, 0.15) is 5.71 Å². The summed E-state index contributed by atoms with van der Waals surface area (Å²) in [6.07, 6.45) is 1.80. The van der Waals surface area contributed by atoms with Crippen LogP contribution in [0.1, 0.15) is 10.4 Å². The van der Waals surface area contributed by atoms with Gasteiger partial charge < -0.3 is 4.84 Å². The van der Waals surface area contributed by atoms with Crippen molar-refractivity contribution in [1.82, 2.24) is 0 Å². The second kappa shape index (κ2) is 5.11. The highest BCUT2D eigenvalue weighted by atomic mass is 79.9. The van der Waals surface area contributed by atoms with Gasteiger partial charge in [-0.3, -0.25) is 0 Å². The molecule has 0 fully saturated rings. The first-order valence-electron chi connectivity index (χ1n) is 5.56. The first kappa shape index (κ1) is 12.3. The minimum Gasteiger partial charge on any atom is -0.312 e. The molecule has 19 heavy (non-hydrogen) atoms. The number of halogens is 1. The summed E-state index contributed by atoms with van der Waals surface area (Å²) in [5.74, 6) is -0.414. The average molecular weight is 334 g/mol. The molecule has 0 radical (unpaired) electrons. The van der Waals surface area contributed by atoms with Crippen LogP contribution in [0.3, 0.4) is 0 Å². The van der Waals surface area contributed by atoms with Gasteiger partial charge in [0.15, 0.2) is 0 Å². The number of nitrogens with zero attached hydrogens (tertiary/aromatic N) is 1. The van der Waals surface area contributed by atoms with E-state index in [1.54, 1.807) is 17.4 Å². The Morgan fingerprint density at radius 2 is 1.95 bits per heavy atom. The molecule has 94 valence electrons. The summed E-state index contributed by atoms with van der Waals surface area (Å²) in [5, 5.41) is 3.86. The van der Waals surface area contributed by atoms with Crippen molar-refractivity contribution in [3.63, 3.8) is 0 Å². The van der Waals surface area contributed by atoms with Crippen LogP contribution in [0.4, 0.5) is 0 Å². The molecule has 0 saturated heterocycles. The van der Waals surface area contributed by atoms with Gasteiger partial charge in [-0.05, 0) is 34.1 Å². The molecule has 1 aromatic heterocycles. The third kappa shape index (κ3) is 2.52. The zero-order chi connectivity index (χ0) is 13.2. The van der Waals surface area contributed by atoms with E-state index in [9.17, 15) is 4.79 Å². The summed E-state index contributed by atoms with van der Waals surface area (Å²) in [5.41, 5.74) is 1.94. The maximum atomic E-state index is 11.8. The highest BCUT2D eigenvalue weighted by Gasteiger charge is 2.26. The van der Waals surface area contributed by atoms with Crippen LogP contribution in [0, 0.1) is 0 Å². The first-order chi connectivity index (χ1) is 9.24. The van der Waals surface area contributed by atoms with Crippen LogP contribution in [0.2, 0.25) is 0 Å². The summed E-state index contributed by atoms with van der Waals surface area (Å²) in [7, 11) is 0. The molecule has 3 rings (SSSR count). The van der Waals surface area contributed by atoms with Crippen molar-refractivity contribution in [3.8, 4) is 0 Å². The number of benzene rings is 1. The molecule has 0 spiro atoms. The molecule has 3 nitrogen and oxygen atoms in total. The normalized spacial score (nSPS) is 16.6. The number of oxime groups is 1. The molecule has 0 saturated carbocycles. The molecule has 2 aromatic rings. The van der Waals surface area contributed by atoms with Crippen LogP contribution < -0.4 is 0 Å². The topological polar surface area (TPSA) is 38.7 Å². The van der Waals surface area contributed by atoms with Crippen LogP contribution in [0.15, 0.2) is 57.0 Å². The van der Waals surface area contributed by atoms with Crippen LogP contribution in [-0.2, 0) is 9.63 Å². The van der Waals surface area contributed by atoms with E-state index < -0.39 is 5.97 Å². The van der Waals surface area contributed by atoms with E-state index >= 15 is 0 Å². The largest absolute Gasteiger partial charge is 0.368 e. The monoisotopic (exact) mass is 333 g/mol. The number of carbonyl (C=O) groups excluding carboxylic acids is 1. The molecule has 1 aliphatic heterocycles. The molecular formula is C14H8BrNO2S. The van der Waals surface area contributed by atoms with E-state index in [4.69, 9.17) is 4.84 Å². The van der Waals surface area contributed by atoms with Gasteiger partial charge in [-0.15, -0.1) is 11.3 Å². The summed E-state index contributed by atoms with van der Waals surface area (Å²) in [6, 6.07) is 13.4. The molecule has 0 atom stereocenters. The highest BCUT2D eigenvalue weighted by molar-refractivity contribution is 9.11. The van der Waals surface area contributed by atoms with Crippen molar-refractivity contribution in [3.05, 3.63) is 62.3 Å². The molecule has 1 aromatic carbocycles. The fourth-order valence-corrected chi connectivity index (χ4v) is 3.13. The van der Waals surface area contributed by atoms with Gasteiger partial charge in [0.05, 0.1) is 9.36 Å². The second-order valence-electron chi connectivity index (χ2n) is 3.88. The number of hydrogen-bond acceptors (Lipinski definition) is 4. The van der Waals surface area contributed by atoms with Crippen molar-refractivity contribution in [2.24, 2.45) is 5.16 Å². The molecule has 0 N–H and O–H groups in total. The summed E-state index contributed by atoms with van der Waals surface area (Å²) < 4.78 is 1.02. The molecule has 1 aliphatic rings. The Kier molecular flexibility index (Phi) is 3.31. The fourth-order valence-electron chi connectivity index (χ4n) is 1.76. The first-order valence-corrected chi connectivity index (χ1v) is 7.17. The van der Waals surface area contributed by atoms with Crippen LogP contribution in [0.25, 0.3) is 6.08 Å². The summed E-state index contributed by atoms with van der Waals surface area (Å²) in [4.78, 5) is 17.5. The van der Waals surface area contributed by atoms with E-state index in [0.717, 1.165) is 14.2 Å². The van der Waals surface area contributed by atoms with Gasteiger partial charge in [-0.2, -0.15) is 0 Å². The Labute approximate surface area is 122 Å². The van der Waals surface area contributed by atoms with Crippen LogP contribution >= 0.6 is 27.3 Å². The lowest BCUT2D eigenvalue weighted by molar-refractivity contribution is -0.136. The van der Waals surface area contributed by atoms with Crippen molar-refractivity contribution in [2.45, 2.75) is 0 Å². The van der Waals surface area contributed by atoms with E-state index in [-0.39, 0.29) is 0 Å². The zero-order valence-electron chi connectivity index (χ0n) is 9.67. The van der Waals surface area contributed by atoms with E-state index in [1.165, 1.54) is 0 Å². The summed E-state index contributed by atoms with van der Waals surface area (Å²) >= 11 is 4.95. The molecule has 0 unspecified atom stereocenters. The number of thiophene rings is 1. The van der Waals surface area contributed by atoms with Gasteiger partial charge in [0.2, 0.25) is 0 Å². The van der Waals surface area contributed by atoms with Crippen molar-refractivity contribution in [2.75, 3.05) is 0 Å². The molecule has 0 bridgehead atoms. The maximum Gasteiger partial charge on any atom is 0.368 e. The minimum absolute atomic E-state index is 0.414. The number of hydrogen-bond donors (Lipinski definition) is 0. The Bertz CT molecular complexity index is 688. The Hall–Kier alpha value is -1.72. The maximum absolute atomic E-state index is 11.8. The molecule has 0 aliphatic carbocycles. The summed E-state index contributed by atoms with van der Waals surface area (Å²) in [6.45, 7) is 0. The Morgan fingerprint density at radius 1 is 1.16 bits per heavy atom. The SMILES string of the molecule is O=C1ON=C(c2ccccc2)/C1=C/c1ccc(Br)s1. The zero-order valence-corrected chi connectivity index (χ0v) is 12.1. The second-order valence-corrected chi connectivity index (χ2v) is 6.38. The average Bonchev–Trinajstić information content (AvgIpc) is 2.99. The van der Waals surface area contributed by atoms with Gasteiger partial charge in [-0.1, -0.05) is 35.5 Å². The quantitative estimate of drug-likeness (QED) is 0.618. The lowest BCUT2D eigenvalue weighted by atomic mass is 10.0. The van der Waals surface area contributed by atoms with Gasteiger partial charge >= 0.3 is 5.97 Å². The minimum atomic E-state index is -0.414. The van der Waals surface area contributed by atoms with E-state index in [1.807, 2.05) is 42.5 Å². The predicted octanol–water partition coefficient (Wildman–Crippen LogP) is 3.86. The lowest BCUT2D eigenvalue weighted by Crippen LogP contribution is -2.06. The Balaban J connectivity index is 2.01. The van der Waals surface area contributed by atoms with Gasteiger partial charge in [0.25, 0.3) is 0 Å². The van der Waals surface area contributed by atoms with Crippen molar-refractivity contribution >= 4 is 45.0 Å². The third-order valence-electron chi connectivity index (χ3n) is 2.62. The highest BCUT2D eigenvalue weighted by Crippen LogP contribution is 2.27. The Morgan fingerprint density at radius 3 is 2.63 bits per heavy atom. The van der Waals surface area contributed by atoms with E-state index in [0.29, 0.717) is 11.3 Å². The molecule has 2 heterocycles. The molecule has 0 amide bonds. The third-order valence-corrected chi connectivity index (χ3v) is 4.19. The van der Waals surface area contributed by atoms with Crippen LogP contribution in [-0.4, -0.2) is 11.7 Å². The molecular weight excluding hydrogens is 326 g/mol. The van der Waals surface area contributed by atoms with Gasteiger partial charge in [-0.25, -0.2) is 4.79 Å².